The molecular weight excluding hydrogens is 204 g/mol. The molecule has 1 aromatic heterocycles. The lowest BCUT2D eigenvalue weighted by Gasteiger charge is -2.30. The van der Waals surface area contributed by atoms with Crippen LogP contribution in [-0.4, -0.2) is 34.1 Å². The van der Waals surface area contributed by atoms with Crippen molar-refractivity contribution in [1.82, 2.24) is 15.1 Å². The van der Waals surface area contributed by atoms with Crippen molar-refractivity contribution in [1.29, 1.82) is 0 Å². The van der Waals surface area contributed by atoms with Gasteiger partial charge in [0.2, 0.25) is 0 Å². The number of hydrogen-bond donors (Lipinski definition) is 2. The van der Waals surface area contributed by atoms with Crippen LogP contribution in [0, 0.1) is 12.8 Å². The normalized spacial score (nSPS) is 21.1. The number of carbonyl (C=O) groups is 1. The third-order valence-electron chi connectivity index (χ3n) is 3.14. The first kappa shape index (κ1) is 11.0. The largest absolute Gasteiger partial charge is 0.395 e. The maximum absolute atomic E-state index is 12.1. The van der Waals surface area contributed by atoms with Crippen LogP contribution in [0.3, 0.4) is 0 Å². The average molecular weight is 222 g/mol. The van der Waals surface area contributed by atoms with E-state index in [1.165, 1.54) is 6.42 Å². The van der Waals surface area contributed by atoms with Crippen LogP contribution in [0.15, 0.2) is 0 Å². The summed E-state index contributed by atoms with van der Waals surface area (Å²) in [5, 5.41) is 6.72. The number of likely N-dealkylation sites (tertiary alicyclic amines) is 1. The van der Waals surface area contributed by atoms with Crippen molar-refractivity contribution in [2.24, 2.45) is 5.92 Å². The summed E-state index contributed by atoms with van der Waals surface area (Å²) in [7, 11) is 0. The zero-order valence-corrected chi connectivity index (χ0v) is 9.79. The number of amides is 1. The van der Waals surface area contributed by atoms with E-state index in [-0.39, 0.29) is 5.91 Å². The number of rotatable bonds is 1. The maximum Gasteiger partial charge on any atom is 0.276 e. The fraction of sp³-hybridized carbons (Fsp3) is 0.636. The minimum atomic E-state index is -0.0478. The Bertz CT molecular complexity index is 399. The van der Waals surface area contributed by atoms with Crippen LogP contribution in [0.25, 0.3) is 0 Å². The molecule has 1 aliphatic heterocycles. The average Bonchev–Trinajstić information content (AvgIpc) is 2.59. The van der Waals surface area contributed by atoms with Crippen LogP contribution in [0.4, 0.5) is 5.69 Å². The SMILES string of the molecule is Cc1[nH]nc(C(=O)N2CCCC(C)C2)c1N. The number of aromatic nitrogens is 2. The van der Waals surface area contributed by atoms with Gasteiger partial charge in [0.05, 0.1) is 11.4 Å². The quantitative estimate of drug-likeness (QED) is 0.749. The van der Waals surface area contributed by atoms with Crippen LogP contribution in [-0.2, 0) is 0 Å². The van der Waals surface area contributed by atoms with E-state index in [1.54, 1.807) is 0 Å². The molecule has 1 aromatic rings. The number of carbonyl (C=O) groups excluding carboxylic acids is 1. The lowest BCUT2D eigenvalue weighted by atomic mass is 10.00. The molecule has 0 aromatic carbocycles. The Kier molecular flexibility index (Phi) is 2.85. The molecule has 1 saturated heterocycles. The van der Waals surface area contributed by atoms with Gasteiger partial charge in [-0.1, -0.05) is 6.92 Å². The van der Waals surface area contributed by atoms with E-state index >= 15 is 0 Å². The van der Waals surface area contributed by atoms with Gasteiger partial charge < -0.3 is 10.6 Å². The molecule has 0 spiro atoms. The molecule has 2 heterocycles. The highest BCUT2D eigenvalue weighted by atomic mass is 16.2. The summed E-state index contributed by atoms with van der Waals surface area (Å²) in [6, 6.07) is 0. The third kappa shape index (κ3) is 1.89. The van der Waals surface area contributed by atoms with Crippen molar-refractivity contribution in [3.8, 4) is 0 Å². The minimum Gasteiger partial charge on any atom is -0.395 e. The smallest absolute Gasteiger partial charge is 0.276 e. The Morgan fingerprint density at radius 1 is 1.62 bits per heavy atom. The third-order valence-corrected chi connectivity index (χ3v) is 3.14. The van der Waals surface area contributed by atoms with Gasteiger partial charge in [0, 0.05) is 13.1 Å². The summed E-state index contributed by atoms with van der Waals surface area (Å²) in [6.45, 7) is 5.61. The summed E-state index contributed by atoms with van der Waals surface area (Å²) in [5.74, 6) is 0.521. The summed E-state index contributed by atoms with van der Waals surface area (Å²) in [4.78, 5) is 14.0. The first-order chi connectivity index (χ1) is 7.59. The van der Waals surface area contributed by atoms with Gasteiger partial charge in [-0.05, 0) is 25.7 Å². The number of H-pyrrole nitrogens is 1. The predicted octanol–water partition coefficient (Wildman–Crippen LogP) is 1.17. The van der Waals surface area contributed by atoms with Gasteiger partial charge in [0.15, 0.2) is 5.69 Å². The maximum atomic E-state index is 12.1. The van der Waals surface area contributed by atoms with E-state index in [9.17, 15) is 4.79 Å². The molecule has 1 aliphatic rings. The minimum absolute atomic E-state index is 0.0478. The molecule has 16 heavy (non-hydrogen) atoms. The highest BCUT2D eigenvalue weighted by Gasteiger charge is 2.25. The highest BCUT2D eigenvalue weighted by Crippen LogP contribution is 2.20. The van der Waals surface area contributed by atoms with Crippen LogP contribution < -0.4 is 5.73 Å². The van der Waals surface area contributed by atoms with Crippen LogP contribution >= 0.6 is 0 Å². The number of hydrogen-bond acceptors (Lipinski definition) is 3. The number of aromatic amines is 1. The Morgan fingerprint density at radius 2 is 2.38 bits per heavy atom. The van der Waals surface area contributed by atoms with E-state index in [2.05, 4.69) is 17.1 Å². The van der Waals surface area contributed by atoms with Gasteiger partial charge in [-0.15, -0.1) is 0 Å². The molecule has 0 saturated carbocycles. The second-order valence-electron chi connectivity index (χ2n) is 4.61. The van der Waals surface area contributed by atoms with E-state index in [0.29, 0.717) is 17.3 Å². The fourth-order valence-corrected chi connectivity index (χ4v) is 2.12. The monoisotopic (exact) mass is 222 g/mol. The van der Waals surface area contributed by atoms with Gasteiger partial charge in [-0.3, -0.25) is 9.89 Å². The molecule has 0 radical (unpaired) electrons. The molecule has 1 atom stereocenters. The summed E-state index contributed by atoms with van der Waals surface area (Å²) >= 11 is 0. The van der Waals surface area contributed by atoms with Crippen molar-refractivity contribution in [3.63, 3.8) is 0 Å². The Balaban J connectivity index is 2.15. The standard InChI is InChI=1S/C11H18N4O/c1-7-4-3-5-15(6-7)11(16)10-9(12)8(2)13-14-10/h7H,3-6,12H2,1-2H3,(H,13,14). The van der Waals surface area contributed by atoms with Gasteiger partial charge >= 0.3 is 0 Å². The van der Waals surface area contributed by atoms with Crippen LogP contribution in [0.5, 0.6) is 0 Å². The lowest BCUT2D eigenvalue weighted by Crippen LogP contribution is -2.39. The van der Waals surface area contributed by atoms with E-state index in [1.807, 2.05) is 11.8 Å². The lowest BCUT2D eigenvalue weighted by molar-refractivity contribution is 0.0678. The van der Waals surface area contributed by atoms with E-state index in [0.717, 1.165) is 25.2 Å². The van der Waals surface area contributed by atoms with Gasteiger partial charge in [-0.25, -0.2) is 0 Å². The zero-order chi connectivity index (χ0) is 11.7. The number of piperidine rings is 1. The molecule has 1 amide bonds. The molecule has 0 aliphatic carbocycles. The number of aryl methyl sites for hydroxylation is 1. The number of anilines is 1. The molecule has 0 bridgehead atoms. The molecule has 2 rings (SSSR count). The molecule has 5 nitrogen and oxygen atoms in total. The van der Waals surface area contributed by atoms with Crippen molar-refractivity contribution in [2.75, 3.05) is 18.8 Å². The van der Waals surface area contributed by atoms with Crippen LogP contribution in [0.2, 0.25) is 0 Å². The summed E-state index contributed by atoms with van der Waals surface area (Å²) in [6.07, 6.45) is 2.26. The molecule has 3 N–H and O–H groups in total. The van der Waals surface area contributed by atoms with E-state index < -0.39 is 0 Å². The number of nitrogens with zero attached hydrogens (tertiary/aromatic N) is 2. The van der Waals surface area contributed by atoms with Crippen molar-refractivity contribution in [3.05, 3.63) is 11.4 Å². The Labute approximate surface area is 95.0 Å². The molecule has 88 valence electrons. The van der Waals surface area contributed by atoms with Crippen molar-refractivity contribution >= 4 is 11.6 Å². The van der Waals surface area contributed by atoms with Crippen LogP contribution in [0.1, 0.15) is 35.9 Å². The summed E-state index contributed by atoms with van der Waals surface area (Å²) < 4.78 is 0. The molecule has 1 fully saturated rings. The van der Waals surface area contributed by atoms with Crippen molar-refractivity contribution < 1.29 is 4.79 Å². The molecule has 1 unspecified atom stereocenters. The first-order valence-corrected chi connectivity index (χ1v) is 5.69. The number of nitrogens with one attached hydrogen (secondary N) is 1. The van der Waals surface area contributed by atoms with Gasteiger partial charge in [0.1, 0.15) is 0 Å². The zero-order valence-electron chi connectivity index (χ0n) is 9.79. The van der Waals surface area contributed by atoms with Crippen molar-refractivity contribution in [2.45, 2.75) is 26.7 Å². The second kappa shape index (κ2) is 4.15. The van der Waals surface area contributed by atoms with Gasteiger partial charge in [-0.2, -0.15) is 5.10 Å². The Hall–Kier alpha value is -1.52. The topological polar surface area (TPSA) is 75.0 Å². The molecule has 5 heteroatoms. The predicted molar refractivity (Wildman–Crippen MR) is 62.0 cm³/mol. The second-order valence-corrected chi connectivity index (χ2v) is 4.61. The van der Waals surface area contributed by atoms with E-state index in [4.69, 9.17) is 5.73 Å². The Morgan fingerprint density at radius 3 is 2.94 bits per heavy atom. The molecular formula is C11H18N4O. The summed E-state index contributed by atoms with van der Waals surface area (Å²) in [5.41, 5.74) is 7.40. The first-order valence-electron chi connectivity index (χ1n) is 5.69. The van der Waals surface area contributed by atoms with Gasteiger partial charge in [0.25, 0.3) is 5.91 Å². The number of nitrogens with two attached hydrogens (primary N) is 1. The fourth-order valence-electron chi connectivity index (χ4n) is 2.12. The highest BCUT2D eigenvalue weighted by molar-refractivity contribution is 5.97. The number of nitrogen functional groups attached to an aromatic ring is 1.